The summed E-state index contributed by atoms with van der Waals surface area (Å²) in [5.41, 5.74) is 3.39. The van der Waals surface area contributed by atoms with E-state index >= 15 is 0 Å². The van der Waals surface area contributed by atoms with Gasteiger partial charge in [0.1, 0.15) is 0 Å². The maximum atomic E-state index is 12.5. The van der Waals surface area contributed by atoms with Crippen molar-refractivity contribution in [3.63, 3.8) is 0 Å². The second-order valence-corrected chi connectivity index (χ2v) is 7.50. The number of benzene rings is 1. The summed E-state index contributed by atoms with van der Waals surface area (Å²) in [6.07, 6.45) is 6.54. The minimum atomic E-state index is 0.0541. The maximum Gasteiger partial charge on any atom is 0.257 e. The molecule has 0 spiro atoms. The molecule has 1 saturated carbocycles. The maximum absolute atomic E-state index is 12.5. The number of carbonyl (C=O) groups excluding carboxylic acids is 1. The Kier molecular flexibility index (Phi) is 4.32. The van der Waals surface area contributed by atoms with Crippen LogP contribution in [0.25, 0.3) is 11.5 Å². The van der Waals surface area contributed by atoms with Gasteiger partial charge in [-0.05, 0) is 49.9 Å². The summed E-state index contributed by atoms with van der Waals surface area (Å²) < 4.78 is 5.48. The van der Waals surface area contributed by atoms with E-state index in [-0.39, 0.29) is 11.8 Å². The highest BCUT2D eigenvalue weighted by atomic mass is 16.5. The number of aromatic nitrogens is 2. The SMILES string of the molecule is Cc1ccc(-c2nc([C@H]3CC(=O)N(C4CCCCC4)C3)no2)cc1C. The van der Waals surface area contributed by atoms with Gasteiger partial charge in [-0.15, -0.1) is 0 Å². The number of carbonyl (C=O) groups is 1. The van der Waals surface area contributed by atoms with Gasteiger partial charge in [-0.25, -0.2) is 0 Å². The molecule has 1 atom stereocenters. The van der Waals surface area contributed by atoms with E-state index in [1.807, 2.05) is 6.07 Å². The molecule has 2 heterocycles. The first-order valence-electron chi connectivity index (χ1n) is 9.32. The van der Waals surface area contributed by atoms with Gasteiger partial charge < -0.3 is 9.42 Å². The fourth-order valence-electron chi connectivity index (χ4n) is 4.04. The first-order chi connectivity index (χ1) is 12.1. The van der Waals surface area contributed by atoms with Crippen molar-refractivity contribution in [1.82, 2.24) is 15.0 Å². The number of hydrogen-bond acceptors (Lipinski definition) is 4. The summed E-state index contributed by atoms with van der Waals surface area (Å²) in [6.45, 7) is 4.89. The molecular formula is C20H25N3O2. The Bertz CT molecular complexity index is 777. The van der Waals surface area contributed by atoms with Crippen LogP contribution in [0.3, 0.4) is 0 Å². The molecule has 1 amide bonds. The number of amides is 1. The molecule has 2 aliphatic rings. The highest BCUT2D eigenvalue weighted by Crippen LogP contribution is 2.33. The molecule has 25 heavy (non-hydrogen) atoms. The lowest BCUT2D eigenvalue weighted by Gasteiger charge is -2.31. The second-order valence-electron chi connectivity index (χ2n) is 7.50. The van der Waals surface area contributed by atoms with Crippen LogP contribution in [0, 0.1) is 13.8 Å². The third kappa shape index (κ3) is 3.20. The Balaban J connectivity index is 1.50. The minimum absolute atomic E-state index is 0.0541. The Morgan fingerprint density at radius 2 is 1.92 bits per heavy atom. The summed E-state index contributed by atoms with van der Waals surface area (Å²) in [4.78, 5) is 19.1. The monoisotopic (exact) mass is 339 g/mol. The van der Waals surface area contributed by atoms with Crippen LogP contribution in [0.15, 0.2) is 22.7 Å². The zero-order valence-corrected chi connectivity index (χ0v) is 15.0. The van der Waals surface area contributed by atoms with Crippen molar-refractivity contribution in [2.45, 2.75) is 64.3 Å². The van der Waals surface area contributed by atoms with Gasteiger partial charge in [0, 0.05) is 30.5 Å². The predicted octanol–water partition coefficient (Wildman–Crippen LogP) is 4.00. The number of likely N-dealkylation sites (tertiary alicyclic amines) is 1. The quantitative estimate of drug-likeness (QED) is 0.848. The van der Waals surface area contributed by atoms with Crippen LogP contribution in [-0.4, -0.2) is 33.5 Å². The van der Waals surface area contributed by atoms with E-state index in [4.69, 9.17) is 4.52 Å². The summed E-state index contributed by atoms with van der Waals surface area (Å²) in [5, 5.41) is 4.18. The smallest absolute Gasteiger partial charge is 0.257 e. The zero-order chi connectivity index (χ0) is 17.4. The van der Waals surface area contributed by atoms with Crippen LogP contribution in [0.2, 0.25) is 0 Å². The average molecular weight is 339 g/mol. The van der Waals surface area contributed by atoms with E-state index in [1.165, 1.54) is 30.4 Å². The highest BCUT2D eigenvalue weighted by molar-refractivity contribution is 5.80. The summed E-state index contributed by atoms with van der Waals surface area (Å²) in [6, 6.07) is 6.56. The minimum Gasteiger partial charge on any atom is -0.339 e. The predicted molar refractivity (Wildman–Crippen MR) is 95.2 cm³/mol. The molecule has 0 bridgehead atoms. The average Bonchev–Trinajstić information content (AvgIpc) is 3.25. The van der Waals surface area contributed by atoms with Gasteiger partial charge in [-0.2, -0.15) is 4.98 Å². The normalized spacial score (nSPS) is 21.9. The Morgan fingerprint density at radius 3 is 2.68 bits per heavy atom. The fraction of sp³-hybridized carbons (Fsp3) is 0.550. The van der Waals surface area contributed by atoms with Crippen molar-refractivity contribution in [1.29, 1.82) is 0 Å². The lowest BCUT2D eigenvalue weighted by Crippen LogP contribution is -2.37. The van der Waals surface area contributed by atoms with Crippen molar-refractivity contribution in [2.24, 2.45) is 0 Å². The summed E-state index contributed by atoms with van der Waals surface area (Å²) in [5.74, 6) is 1.51. The molecule has 1 saturated heterocycles. The van der Waals surface area contributed by atoms with Gasteiger partial charge >= 0.3 is 0 Å². The Labute approximate surface area is 148 Å². The van der Waals surface area contributed by atoms with Gasteiger partial charge in [-0.3, -0.25) is 4.79 Å². The first-order valence-corrected chi connectivity index (χ1v) is 9.32. The van der Waals surface area contributed by atoms with Gasteiger partial charge in [-0.1, -0.05) is 30.5 Å². The van der Waals surface area contributed by atoms with Crippen molar-refractivity contribution < 1.29 is 9.32 Å². The van der Waals surface area contributed by atoms with Crippen LogP contribution in [0.5, 0.6) is 0 Å². The number of hydrogen-bond donors (Lipinski definition) is 0. The molecule has 0 radical (unpaired) electrons. The molecule has 0 N–H and O–H groups in total. The molecule has 5 heteroatoms. The number of nitrogens with zero attached hydrogens (tertiary/aromatic N) is 3. The molecule has 132 valence electrons. The van der Waals surface area contributed by atoms with Gasteiger partial charge in [0.2, 0.25) is 5.91 Å². The molecule has 2 fully saturated rings. The van der Waals surface area contributed by atoms with Crippen LogP contribution in [-0.2, 0) is 4.79 Å². The van der Waals surface area contributed by atoms with E-state index in [1.54, 1.807) is 0 Å². The van der Waals surface area contributed by atoms with E-state index in [9.17, 15) is 4.79 Å². The summed E-state index contributed by atoms with van der Waals surface area (Å²) in [7, 11) is 0. The first kappa shape index (κ1) is 16.3. The molecule has 1 aromatic carbocycles. The van der Waals surface area contributed by atoms with Crippen LogP contribution in [0.4, 0.5) is 0 Å². The van der Waals surface area contributed by atoms with E-state index in [2.05, 4.69) is 41.0 Å². The second kappa shape index (κ2) is 6.62. The molecule has 1 aromatic heterocycles. The largest absolute Gasteiger partial charge is 0.339 e. The zero-order valence-electron chi connectivity index (χ0n) is 15.0. The van der Waals surface area contributed by atoms with E-state index in [0.717, 1.165) is 24.9 Å². The third-order valence-electron chi connectivity index (χ3n) is 5.73. The van der Waals surface area contributed by atoms with Crippen LogP contribution >= 0.6 is 0 Å². The number of aryl methyl sites for hydroxylation is 2. The Hall–Kier alpha value is -2.17. The molecule has 2 aromatic rings. The van der Waals surface area contributed by atoms with E-state index < -0.39 is 0 Å². The van der Waals surface area contributed by atoms with Crippen molar-refractivity contribution in [3.05, 3.63) is 35.2 Å². The topological polar surface area (TPSA) is 59.2 Å². The molecule has 1 aliphatic carbocycles. The number of rotatable bonds is 3. The molecule has 1 aliphatic heterocycles. The van der Waals surface area contributed by atoms with Crippen molar-refractivity contribution >= 4 is 5.91 Å². The van der Waals surface area contributed by atoms with Gasteiger partial charge in [0.25, 0.3) is 5.89 Å². The van der Waals surface area contributed by atoms with Crippen LogP contribution < -0.4 is 0 Å². The van der Waals surface area contributed by atoms with Gasteiger partial charge in [0.05, 0.1) is 0 Å². The standard InChI is InChI=1S/C20H25N3O2/c1-13-8-9-15(10-14(13)2)20-21-19(22-25-20)16-11-18(24)23(12-16)17-6-4-3-5-7-17/h8-10,16-17H,3-7,11-12H2,1-2H3/t16-/m0/s1. The lowest BCUT2D eigenvalue weighted by molar-refractivity contribution is -0.130. The fourth-order valence-corrected chi connectivity index (χ4v) is 4.04. The van der Waals surface area contributed by atoms with Crippen molar-refractivity contribution in [3.8, 4) is 11.5 Å². The molecule has 5 nitrogen and oxygen atoms in total. The molecule has 0 unspecified atom stereocenters. The Morgan fingerprint density at radius 1 is 1.12 bits per heavy atom. The van der Waals surface area contributed by atoms with Crippen molar-refractivity contribution in [2.75, 3.05) is 6.54 Å². The highest BCUT2D eigenvalue weighted by Gasteiger charge is 2.37. The molecule has 4 rings (SSSR count). The van der Waals surface area contributed by atoms with E-state index in [0.29, 0.717) is 24.2 Å². The van der Waals surface area contributed by atoms with Crippen LogP contribution in [0.1, 0.15) is 61.4 Å². The summed E-state index contributed by atoms with van der Waals surface area (Å²) >= 11 is 0. The van der Waals surface area contributed by atoms with Gasteiger partial charge in [0.15, 0.2) is 5.82 Å². The lowest BCUT2D eigenvalue weighted by atomic mass is 9.94. The third-order valence-corrected chi connectivity index (χ3v) is 5.73. The molecular weight excluding hydrogens is 314 g/mol.